The van der Waals surface area contributed by atoms with Crippen molar-refractivity contribution in [2.24, 2.45) is 0 Å². The summed E-state index contributed by atoms with van der Waals surface area (Å²) < 4.78 is 0. The van der Waals surface area contributed by atoms with Crippen molar-refractivity contribution in [3.05, 3.63) is 33.9 Å². The average Bonchev–Trinajstić information content (AvgIpc) is 2.76. The molecule has 1 aliphatic rings. The highest BCUT2D eigenvalue weighted by atomic mass is 16.6. The molecule has 0 spiro atoms. The zero-order chi connectivity index (χ0) is 12.4. The van der Waals surface area contributed by atoms with Gasteiger partial charge in [-0.05, 0) is 32.5 Å². The molecule has 1 heterocycles. The Morgan fingerprint density at radius 2 is 2.29 bits per heavy atom. The predicted molar refractivity (Wildman–Crippen MR) is 67.5 cm³/mol. The summed E-state index contributed by atoms with van der Waals surface area (Å²) in [6.07, 6.45) is 1.12. The molecule has 0 amide bonds. The average molecular weight is 235 g/mol. The molecule has 5 heteroatoms. The first-order valence-corrected chi connectivity index (χ1v) is 5.79. The van der Waals surface area contributed by atoms with E-state index in [1.807, 2.05) is 19.2 Å². The number of anilines is 1. The van der Waals surface area contributed by atoms with Gasteiger partial charge in [-0.15, -0.1) is 0 Å². The van der Waals surface area contributed by atoms with E-state index in [2.05, 4.69) is 10.2 Å². The summed E-state index contributed by atoms with van der Waals surface area (Å²) in [4.78, 5) is 12.7. The molecule has 2 rings (SSSR count). The zero-order valence-corrected chi connectivity index (χ0v) is 10.1. The van der Waals surface area contributed by atoms with Gasteiger partial charge in [0.25, 0.3) is 5.69 Å². The number of rotatable bonds is 3. The van der Waals surface area contributed by atoms with Gasteiger partial charge in [-0.2, -0.15) is 0 Å². The molecule has 1 aromatic rings. The number of hydrogen-bond donors (Lipinski definition) is 1. The minimum Gasteiger partial charge on any atom is -0.370 e. The Kier molecular flexibility index (Phi) is 3.28. The molecule has 0 aliphatic carbocycles. The first kappa shape index (κ1) is 11.9. The van der Waals surface area contributed by atoms with Gasteiger partial charge in [0.15, 0.2) is 0 Å². The SMILES string of the molecule is CNC1CCN(c2ccc([N+](=O)[O-])c(C)c2)C1. The molecule has 1 saturated heterocycles. The third-order valence-corrected chi connectivity index (χ3v) is 3.34. The zero-order valence-electron chi connectivity index (χ0n) is 10.1. The Morgan fingerprint density at radius 1 is 1.53 bits per heavy atom. The first-order chi connectivity index (χ1) is 8.11. The fourth-order valence-electron chi connectivity index (χ4n) is 2.27. The van der Waals surface area contributed by atoms with E-state index in [4.69, 9.17) is 0 Å². The van der Waals surface area contributed by atoms with Gasteiger partial charge in [-0.1, -0.05) is 0 Å². The number of aryl methyl sites for hydroxylation is 1. The lowest BCUT2D eigenvalue weighted by Gasteiger charge is -2.19. The molecule has 1 unspecified atom stereocenters. The molecule has 5 nitrogen and oxygen atoms in total. The number of hydrogen-bond acceptors (Lipinski definition) is 4. The van der Waals surface area contributed by atoms with Crippen LogP contribution in [0.5, 0.6) is 0 Å². The van der Waals surface area contributed by atoms with Crippen molar-refractivity contribution in [2.75, 3.05) is 25.0 Å². The first-order valence-electron chi connectivity index (χ1n) is 5.79. The van der Waals surface area contributed by atoms with Crippen molar-refractivity contribution >= 4 is 11.4 Å². The van der Waals surface area contributed by atoms with Crippen LogP contribution >= 0.6 is 0 Å². The molecule has 1 aliphatic heterocycles. The molecule has 92 valence electrons. The van der Waals surface area contributed by atoms with E-state index in [1.54, 1.807) is 13.0 Å². The van der Waals surface area contributed by atoms with Crippen LogP contribution in [0.15, 0.2) is 18.2 Å². The third-order valence-electron chi connectivity index (χ3n) is 3.34. The monoisotopic (exact) mass is 235 g/mol. The highest BCUT2D eigenvalue weighted by Crippen LogP contribution is 2.26. The Morgan fingerprint density at radius 3 is 2.82 bits per heavy atom. The van der Waals surface area contributed by atoms with Crippen molar-refractivity contribution in [2.45, 2.75) is 19.4 Å². The molecule has 1 aromatic carbocycles. The molecular weight excluding hydrogens is 218 g/mol. The van der Waals surface area contributed by atoms with Crippen LogP contribution in [0.1, 0.15) is 12.0 Å². The van der Waals surface area contributed by atoms with E-state index in [0.29, 0.717) is 6.04 Å². The van der Waals surface area contributed by atoms with Crippen LogP contribution in [-0.2, 0) is 0 Å². The second-order valence-electron chi connectivity index (χ2n) is 4.45. The Labute approximate surface area is 101 Å². The summed E-state index contributed by atoms with van der Waals surface area (Å²) in [6.45, 7) is 3.75. The fourth-order valence-corrected chi connectivity index (χ4v) is 2.27. The molecule has 1 atom stereocenters. The topological polar surface area (TPSA) is 58.4 Å². The molecule has 0 radical (unpaired) electrons. The minimum absolute atomic E-state index is 0.193. The summed E-state index contributed by atoms with van der Waals surface area (Å²) >= 11 is 0. The maximum absolute atomic E-state index is 10.7. The molecular formula is C12H17N3O2. The lowest BCUT2D eigenvalue weighted by Crippen LogP contribution is -2.29. The summed E-state index contributed by atoms with van der Waals surface area (Å²) in [6, 6.07) is 5.85. The highest BCUT2D eigenvalue weighted by Gasteiger charge is 2.22. The van der Waals surface area contributed by atoms with Gasteiger partial charge in [0.1, 0.15) is 0 Å². The fraction of sp³-hybridized carbons (Fsp3) is 0.500. The van der Waals surface area contributed by atoms with Crippen LogP contribution in [-0.4, -0.2) is 31.1 Å². The lowest BCUT2D eigenvalue weighted by atomic mass is 10.1. The molecule has 17 heavy (non-hydrogen) atoms. The largest absolute Gasteiger partial charge is 0.370 e. The summed E-state index contributed by atoms with van der Waals surface area (Å²) in [5, 5.41) is 14.0. The maximum atomic E-state index is 10.7. The second-order valence-corrected chi connectivity index (χ2v) is 4.45. The van der Waals surface area contributed by atoms with Gasteiger partial charge >= 0.3 is 0 Å². The second kappa shape index (κ2) is 4.71. The summed E-state index contributed by atoms with van der Waals surface area (Å²) in [5.74, 6) is 0. The van der Waals surface area contributed by atoms with E-state index >= 15 is 0 Å². The number of nitrogens with one attached hydrogen (secondary N) is 1. The molecule has 0 bridgehead atoms. The van der Waals surface area contributed by atoms with Crippen LogP contribution in [0.2, 0.25) is 0 Å². The van der Waals surface area contributed by atoms with Crippen molar-refractivity contribution < 1.29 is 4.92 Å². The van der Waals surface area contributed by atoms with Crippen molar-refractivity contribution in [1.82, 2.24) is 5.32 Å². The van der Waals surface area contributed by atoms with Gasteiger partial charge in [0.05, 0.1) is 4.92 Å². The third kappa shape index (κ3) is 2.39. The van der Waals surface area contributed by atoms with Crippen LogP contribution in [0.25, 0.3) is 0 Å². The summed E-state index contributed by atoms with van der Waals surface area (Å²) in [5.41, 5.74) is 1.99. The minimum atomic E-state index is -0.334. The number of likely N-dealkylation sites (N-methyl/N-ethyl adjacent to an activating group) is 1. The van der Waals surface area contributed by atoms with Crippen molar-refractivity contribution in [3.8, 4) is 0 Å². The van der Waals surface area contributed by atoms with Crippen molar-refractivity contribution in [1.29, 1.82) is 0 Å². The van der Waals surface area contributed by atoms with Gasteiger partial charge in [0, 0.05) is 36.4 Å². The number of nitro groups is 1. The maximum Gasteiger partial charge on any atom is 0.272 e. The Hall–Kier alpha value is -1.62. The number of benzene rings is 1. The molecule has 1 fully saturated rings. The van der Waals surface area contributed by atoms with E-state index in [-0.39, 0.29) is 10.6 Å². The number of nitrogens with zero attached hydrogens (tertiary/aromatic N) is 2. The lowest BCUT2D eigenvalue weighted by molar-refractivity contribution is -0.385. The van der Waals surface area contributed by atoms with Crippen molar-refractivity contribution in [3.63, 3.8) is 0 Å². The smallest absolute Gasteiger partial charge is 0.272 e. The Bertz CT molecular complexity index is 434. The van der Waals surface area contributed by atoms with Gasteiger partial charge in [-0.3, -0.25) is 10.1 Å². The van der Waals surface area contributed by atoms with Gasteiger partial charge < -0.3 is 10.2 Å². The van der Waals surface area contributed by atoms with E-state index in [0.717, 1.165) is 30.8 Å². The van der Waals surface area contributed by atoms with Crippen LogP contribution in [0.3, 0.4) is 0 Å². The predicted octanol–water partition coefficient (Wildman–Crippen LogP) is 1.70. The quantitative estimate of drug-likeness (QED) is 0.640. The van der Waals surface area contributed by atoms with Gasteiger partial charge in [0.2, 0.25) is 0 Å². The highest BCUT2D eigenvalue weighted by molar-refractivity contribution is 5.55. The van der Waals surface area contributed by atoms with Crippen LogP contribution in [0.4, 0.5) is 11.4 Å². The van der Waals surface area contributed by atoms with E-state index in [1.165, 1.54) is 0 Å². The molecule has 1 N–H and O–H groups in total. The molecule has 0 aromatic heterocycles. The van der Waals surface area contributed by atoms with E-state index in [9.17, 15) is 10.1 Å². The van der Waals surface area contributed by atoms with Crippen LogP contribution in [0, 0.1) is 17.0 Å². The van der Waals surface area contributed by atoms with Crippen LogP contribution < -0.4 is 10.2 Å². The Balaban J connectivity index is 2.18. The normalized spacial score (nSPS) is 19.6. The summed E-state index contributed by atoms with van der Waals surface area (Å²) in [7, 11) is 1.97. The van der Waals surface area contributed by atoms with E-state index < -0.39 is 0 Å². The van der Waals surface area contributed by atoms with Gasteiger partial charge in [-0.25, -0.2) is 0 Å². The standard InChI is InChI=1S/C12H17N3O2/c1-9-7-11(3-4-12(9)15(16)17)14-6-5-10(8-14)13-2/h3-4,7,10,13H,5-6,8H2,1-2H3. The molecule has 0 saturated carbocycles. The number of nitro benzene ring substituents is 1.